The Morgan fingerprint density at radius 3 is 2.67 bits per heavy atom. The maximum Gasteiger partial charge on any atom is 0.331 e. The molecule has 1 unspecified atom stereocenters. The standard InChI is InChI=1S/C13H19N5O3/c1-9(2)18(6-4-5-14)13(21)16-11(12(19)20)10-7-15-17(3)8-10/h7-9,11H,4,6H2,1-3H3,(H,16,21)(H,19,20). The number of aliphatic carboxylic acids is 1. The molecule has 2 N–H and O–H groups in total. The largest absolute Gasteiger partial charge is 0.479 e. The number of amides is 2. The molecule has 8 heteroatoms. The van der Waals surface area contributed by atoms with E-state index < -0.39 is 18.0 Å². The molecule has 8 nitrogen and oxygen atoms in total. The number of nitrogens with one attached hydrogen (secondary N) is 1. The van der Waals surface area contributed by atoms with Gasteiger partial charge in [-0.3, -0.25) is 4.68 Å². The van der Waals surface area contributed by atoms with Crippen molar-refractivity contribution >= 4 is 12.0 Å². The first-order valence-electron chi connectivity index (χ1n) is 6.52. The number of carboxylic acid groups (broad SMARTS) is 1. The molecular formula is C13H19N5O3. The highest BCUT2D eigenvalue weighted by atomic mass is 16.4. The molecule has 1 heterocycles. The van der Waals surface area contributed by atoms with Gasteiger partial charge in [0.15, 0.2) is 6.04 Å². The van der Waals surface area contributed by atoms with Gasteiger partial charge in [-0.05, 0) is 13.8 Å². The van der Waals surface area contributed by atoms with Crippen molar-refractivity contribution in [2.45, 2.75) is 32.4 Å². The lowest BCUT2D eigenvalue weighted by atomic mass is 10.1. The first-order valence-corrected chi connectivity index (χ1v) is 6.52. The molecule has 0 aliphatic heterocycles. The van der Waals surface area contributed by atoms with Gasteiger partial charge in [-0.25, -0.2) is 9.59 Å². The zero-order chi connectivity index (χ0) is 16.0. The van der Waals surface area contributed by atoms with E-state index in [1.165, 1.54) is 22.0 Å². The van der Waals surface area contributed by atoms with Gasteiger partial charge >= 0.3 is 12.0 Å². The summed E-state index contributed by atoms with van der Waals surface area (Å²) in [5.41, 5.74) is 0.391. The highest BCUT2D eigenvalue weighted by Crippen LogP contribution is 2.13. The van der Waals surface area contributed by atoms with Crippen LogP contribution in [0, 0.1) is 11.3 Å². The van der Waals surface area contributed by atoms with Gasteiger partial charge in [0.1, 0.15) is 0 Å². The smallest absolute Gasteiger partial charge is 0.331 e. The molecule has 0 fully saturated rings. The van der Waals surface area contributed by atoms with Crippen molar-refractivity contribution in [3.63, 3.8) is 0 Å². The normalized spacial score (nSPS) is 11.8. The summed E-state index contributed by atoms with van der Waals surface area (Å²) in [5.74, 6) is -1.17. The number of nitriles is 1. The van der Waals surface area contributed by atoms with Crippen LogP contribution in [0.2, 0.25) is 0 Å². The zero-order valence-corrected chi connectivity index (χ0v) is 12.3. The van der Waals surface area contributed by atoms with Crippen LogP contribution in [-0.2, 0) is 11.8 Å². The third-order valence-corrected chi connectivity index (χ3v) is 2.92. The van der Waals surface area contributed by atoms with Crippen LogP contribution in [0.25, 0.3) is 0 Å². The topological polar surface area (TPSA) is 111 Å². The summed E-state index contributed by atoms with van der Waals surface area (Å²) in [6.07, 6.45) is 3.12. The maximum atomic E-state index is 12.2. The number of carbonyl (C=O) groups is 2. The van der Waals surface area contributed by atoms with Crippen molar-refractivity contribution in [3.05, 3.63) is 18.0 Å². The molecule has 0 radical (unpaired) electrons. The van der Waals surface area contributed by atoms with Crippen molar-refractivity contribution in [1.29, 1.82) is 5.26 Å². The van der Waals surface area contributed by atoms with Gasteiger partial charge < -0.3 is 15.3 Å². The summed E-state index contributed by atoms with van der Waals surface area (Å²) in [7, 11) is 1.66. The molecule has 2 amide bonds. The fourth-order valence-electron chi connectivity index (χ4n) is 1.85. The minimum absolute atomic E-state index is 0.137. The Kier molecular flexibility index (Phi) is 5.72. The molecule has 0 aromatic carbocycles. The van der Waals surface area contributed by atoms with E-state index in [0.29, 0.717) is 5.56 Å². The fraction of sp³-hybridized carbons (Fsp3) is 0.538. The Morgan fingerprint density at radius 2 is 2.24 bits per heavy atom. The Labute approximate surface area is 123 Å². The van der Waals surface area contributed by atoms with Gasteiger partial charge in [-0.1, -0.05) is 0 Å². The number of aryl methyl sites for hydroxylation is 1. The van der Waals surface area contributed by atoms with Gasteiger partial charge in [0.2, 0.25) is 0 Å². The predicted octanol–water partition coefficient (Wildman–Crippen LogP) is 0.879. The summed E-state index contributed by atoms with van der Waals surface area (Å²) < 4.78 is 1.47. The Bertz CT molecular complexity index is 546. The molecule has 0 aliphatic rings. The summed E-state index contributed by atoms with van der Waals surface area (Å²) in [6, 6.07) is 0.142. The highest BCUT2D eigenvalue weighted by molar-refractivity contribution is 5.83. The SMILES string of the molecule is CC(C)N(CCC#N)C(=O)NC(C(=O)O)c1cnn(C)c1. The monoisotopic (exact) mass is 293 g/mol. The van der Waals surface area contributed by atoms with Crippen LogP contribution in [-0.4, -0.2) is 44.4 Å². The van der Waals surface area contributed by atoms with E-state index >= 15 is 0 Å². The molecular weight excluding hydrogens is 274 g/mol. The van der Waals surface area contributed by atoms with E-state index in [-0.39, 0.29) is 19.0 Å². The lowest BCUT2D eigenvalue weighted by Gasteiger charge is -2.27. The molecule has 0 aliphatic carbocycles. The third kappa shape index (κ3) is 4.49. The fourth-order valence-corrected chi connectivity index (χ4v) is 1.85. The quantitative estimate of drug-likeness (QED) is 0.808. The molecule has 0 saturated carbocycles. The van der Waals surface area contributed by atoms with E-state index in [4.69, 9.17) is 5.26 Å². The lowest BCUT2D eigenvalue weighted by molar-refractivity contribution is -0.139. The number of aromatic nitrogens is 2. The molecule has 1 aromatic rings. The summed E-state index contributed by atoms with van der Waals surface area (Å²) in [4.78, 5) is 25.0. The number of carbonyl (C=O) groups excluding carboxylic acids is 1. The van der Waals surface area contributed by atoms with Gasteiger partial charge in [-0.2, -0.15) is 10.4 Å². The summed E-state index contributed by atoms with van der Waals surface area (Å²) in [5, 5.41) is 24.2. The lowest BCUT2D eigenvalue weighted by Crippen LogP contribution is -2.47. The van der Waals surface area contributed by atoms with E-state index in [1.54, 1.807) is 20.9 Å². The maximum absolute atomic E-state index is 12.2. The van der Waals surface area contributed by atoms with Crippen LogP contribution >= 0.6 is 0 Å². The van der Waals surface area contributed by atoms with Crippen LogP contribution in [0.5, 0.6) is 0 Å². The number of hydrogen-bond donors (Lipinski definition) is 2. The molecule has 1 rings (SSSR count). The minimum Gasteiger partial charge on any atom is -0.479 e. The molecule has 21 heavy (non-hydrogen) atoms. The van der Waals surface area contributed by atoms with E-state index in [9.17, 15) is 14.7 Å². The zero-order valence-electron chi connectivity index (χ0n) is 12.3. The van der Waals surface area contributed by atoms with Gasteiger partial charge in [0, 0.05) is 31.4 Å². The number of nitrogens with zero attached hydrogens (tertiary/aromatic N) is 4. The molecule has 0 saturated heterocycles. The van der Waals surface area contributed by atoms with Crippen molar-refractivity contribution in [2.75, 3.05) is 6.54 Å². The van der Waals surface area contributed by atoms with Crippen LogP contribution < -0.4 is 5.32 Å². The number of hydrogen-bond acceptors (Lipinski definition) is 4. The average Bonchev–Trinajstić information content (AvgIpc) is 2.82. The second-order valence-electron chi connectivity index (χ2n) is 4.86. The van der Waals surface area contributed by atoms with Gasteiger partial charge in [-0.15, -0.1) is 0 Å². The molecule has 1 atom stereocenters. The predicted molar refractivity (Wildman–Crippen MR) is 74.2 cm³/mol. The van der Waals surface area contributed by atoms with E-state index in [0.717, 1.165) is 0 Å². The highest BCUT2D eigenvalue weighted by Gasteiger charge is 2.26. The van der Waals surface area contributed by atoms with Crippen LogP contribution in [0.4, 0.5) is 4.79 Å². The molecule has 0 bridgehead atoms. The number of rotatable bonds is 6. The van der Waals surface area contributed by atoms with E-state index in [2.05, 4.69) is 10.4 Å². The van der Waals surface area contributed by atoms with E-state index in [1.807, 2.05) is 6.07 Å². The molecule has 1 aromatic heterocycles. The Balaban J connectivity index is 2.85. The molecule has 0 spiro atoms. The number of urea groups is 1. The van der Waals surface area contributed by atoms with Crippen molar-refractivity contribution < 1.29 is 14.7 Å². The van der Waals surface area contributed by atoms with Crippen molar-refractivity contribution in [2.24, 2.45) is 7.05 Å². The van der Waals surface area contributed by atoms with Crippen LogP contribution in [0.3, 0.4) is 0 Å². The Morgan fingerprint density at radius 1 is 1.57 bits per heavy atom. The first kappa shape index (κ1) is 16.5. The Hall–Kier alpha value is -2.56. The second kappa shape index (κ2) is 7.28. The van der Waals surface area contributed by atoms with Crippen molar-refractivity contribution in [3.8, 4) is 6.07 Å². The van der Waals surface area contributed by atoms with Crippen molar-refractivity contribution in [1.82, 2.24) is 20.0 Å². The number of carboxylic acids is 1. The van der Waals surface area contributed by atoms with Gasteiger partial charge in [0.25, 0.3) is 0 Å². The minimum atomic E-state index is -1.17. The third-order valence-electron chi connectivity index (χ3n) is 2.92. The molecule has 114 valence electrons. The van der Waals surface area contributed by atoms with Crippen LogP contribution in [0.15, 0.2) is 12.4 Å². The summed E-state index contributed by atoms with van der Waals surface area (Å²) >= 11 is 0. The average molecular weight is 293 g/mol. The first-order chi connectivity index (χ1) is 9.86. The van der Waals surface area contributed by atoms with Crippen LogP contribution in [0.1, 0.15) is 31.9 Å². The van der Waals surface area contributed by atoms with Gasteiger partial charge in [0.05, 0.1) is 18.7 Å². The summed E-state index contributed by atoms with van der Waals surface area (Å²) in [6.45, 7) is 3.85. The second-order valence-corrected chi connectivity index (χ2v) is 4.86.